The molecule has 0 bridgehead atoms. The van der Waals surface area contributed by atoms with Gasteiger partial charge in [0.2, 0.25) is 5.91 Å². The second-order valence-electron chi connectivity index (χ2n) is 7.79. The number of anilines is 1. The molecular formula is C20H25N7O2. The monoisotopic (exact) mass is 395 g/mol. The van der Waals surface area contributed by atoms with Crippen molar-refractivity contribution in [3.8, 4) is 17.3 Å². The summed E-state index contributed by atoms with van der Waals surface area (Å²) in [5, 5.41) is 13.6. The fourth-order valence-corrected chi connectivity index (χ4v) is 4.05. The van der Waals surface area contributed by atoms with E-state index in [2.05, 4.69) is 28.0 Å². The summed E-state index contributed by atoms with van der Waals surface area (Å²) < 4.78 is 6.97. The van der Waals surface area contributed by atoms with E-state index >= 15 is 0 Å². The highest BCUT2D eigenvalue weighted by molar-refractivity contribution is 5.80. The average Bonchev–Trinajstić information content (AvgIpc) is 3.12. The Labute approximate surface area is 169 Å². The number of carbonyl (C=O) groups is 1. The quantitative estimate of drug-likeness (QED) is 0.767. The number of hydrogen-bond donors (Lipinski definition) is 0. The van der Waals surface area contributed by atoms with Gasteiger partial charge in [0, 0.05) is 57.5 Å². The van der Waals surface area contributed by atoms with Crippen molar-refractivity contribution in [1.29, 1.82) is 5.26 Å². The van der Waals surface area contributed by atoms with Gasteiger partial charge in [-0.25, -0.2) is 9.97 Å². The number of aryl methyl sites for hydroxylation is 1. The van der Waals surface area contributed by atoms with E-state index < -0.39 is 0 Å². The van der Waals surface area contributed by atoms with Gasteiger partial charge >= 0.3 is 0 Å². The molecule has 0 radical (unpaired) electrons. The number of ether oxygens (including phenoxy) is 1. The third-order valence-electron chi connectivity index (χ3n) is 5.86. The van der Waals surface area contributed by atoms with Crippen molar-refractivity contribution >= 4 is 11.7 Å². The molecule has 1 aliphatic heterocycles. The smallest absolute Gasteiger partial charge is 0.226 e. The third-order valence-corrected chi connectivity index (χ3v) is 5.86. The molecule has 1 atom stereocenters. The first-order valence-corrected chi connectivity index (χ1v) is 9.84. The predicted molar refractivity (Wildman–Crippen MR) is 106 cm³/mol. The van der Waals surface area contributed by atoms with Gasteiger partial charge in [-0.05, 0) is 19.8 Å². The maximum atomic E-state index is 12.8. The number of hydrogen-bond acceptors (Lipinski definition) is 7. The number of amides is 1. The largest absolute Gasteiger partial charge is 0.381 e. The molecule has 2 fully saturated rings. The van der Waals surface area contributed by atoms with E-state index in [0.29, 0.717) is 31.1 Å². The van der Waals surface area contributed by atoms with Crippen LogP contribution in [0.1, 0.15) is 25.5 Å². The lowest BCUT2D eigenvalue weighted by molar-refractivity contribution is -0.145. The number of rotatable bonds is 4. The number of nitrogens with zero attached hydrogens (tertiary/aromatic N) is 7. The number of carbonyl (C=O) groups excluding carboxylic acids is 1. The zero-order valence-corrected chi connectivity index (χ0v) is 16.9. The van der Waals surface area contributed by atoms with Gasteiger partial charge in [0.05, 0.1) is 18.5 Å². The SMILES string of the molecule is CO[C@H]1C[C@@H](C(=O)N2CCN(c3cnc(C#N)c(-c4cnn(C)c4)n3)C[C@H]2C)C1. The van der Waals surface area contributed by atoms with E-state index in [-0.39, 0.29) is 29.7 Å². The molecule has 29 heavy (non-hydrogen) atoms. The van der Waals surface area contributed by atoms with Gasteiger partial charge in [0.1, 0.15) is 17.6 Å². The molecule has 9 nitrogen and oxygen atoms in total. The lowest BCUT2D eigenvalue weighted by atomic mass is 9.81. The van der Waals surface area contributed by atoms with Crippen molar-refractivity contribution in [2.24, 2.45) is 13.0 Å². The number of methoxy groups -OCH3 is 1. The first kappa shape index (κ1) is 19.3. The second-order valence-corrected chi connectivity index (χ2v) is 7.79. The Balaban J connectivity index is 1.48. The molecule has 2 aromatic heterocycles. The molecule has 1 aliphatic carbocycles. The van der Waals surface area contributed by atoms with Gasteiger partial charge in [-0.2, -0.15) is 10.4 Å². The molecule has 3 heterocycles. The Bertz CT molecular complexity index is 945. The van der Waals surface area contributed by atoms with Crippen molar-refractivity contribution in [2.45, 2.75) is 31.9 Å². The summed E-state index contributed by atoms with van der Waals surface area (Å²) in [7, 11) is 3.52. The lowest BCUT2D eigenvalue weighted by Crippen LogP contribution is -2.57. The minimum atomic E-state index is 0.0807. The normalized spacial score (nSPS) is 24.1. The maximum Gasteiger partial charge on any atom is 0.226 e. The molecule has 2 aliphatic rings. The van der Waals surface area contributed by atoms with Crippen molar-refractivity contribution in [3.63, 3.8) is 0 Å². The van der Waals surface area contributed by atoms with Crippen LogP contribution >= 0.6 is 0 Å². The number of piperazine rings is 1. The Kier molecular flexibility index (Phi) is 5.20. The Hall–Kier alpha value is -2.99. The van der Waals surface area contributed by atoms with Crippen LogP contribution < -0.4 is 4.90 Å². The zero-order chi connectivity index (χ0) is 20.5. The molecule has 152 valence electrons. The summed E-state index contributed by atoms with van der Waals surface area (Å²) in [6.07, 6.45) is 6.99. The van der Waals surface area contributed by atoms with E-state index in [1.54, 1.807) is 24.2 Å². The molecule has 0 spiro atoms. The van der Waals surface area contributed by atoms with Crippen molar-refractivity contribution in [1.82, 2.24) is 24.6 Å². The van der Waals surface area contributed by atoms with Crippen LogP contribution in [0.2, 0.25) is 0 Å². The fraction of sp³-hybridized carbons (Fsp3) is 0.550. The summed E-state index contributed by atoms with van der Waals surface area (Å²) in [4.78, 5) is 25.9. The summed E-state index contributed by atoms with van der Waals surface area (Å²) in [6.45, 7) is 4.08. The molecule has 0 unspecified atom stereocenters. The van der Waals surface area contributed by atoms with Gasteiger partial charge in [-0.1, -0.05) is 0 Å². The number of aromatic nitrogens is 4. The topological polar surface area (TPSA) is 100 Å². The summed E-state index contributed by atoms with van der Waals surface area (Å²) in [5.74, 6) is 1.03. The summed E-state index contributed by atoms with van der Waals surface area (Å²) >= 11 is 0. The highest BCUT2D eigenvalue weighted by Crippen LogP contribution is 2.32. The average molecular weight is 395 g/mol. The van der Waals surface area contributed by atoms with Crippen LogP contribution in [0.5, 0.6) is 0 Å². The van der Waals surface area contributed by atoms with Crippen LogP contribution in [0.15, 0.2) is 18.6 Å². The van der Waals surface area contributed by atoms with Crippen LogP contribution in [0.4, 0.5) is 5.82 Å². The zero-order valence-electron chi connectivity index (χ0n) is 16.9. The van der Waals surface area contributed by atoms with E-state index in [4.69, 9.17) is 9.72 Å². The van der Waals surface area contributed by atoms with Gasteiger partial charge in [-0.15, -0.1) is 0 Å². The Morgan fingerprint density at radius 2 is 2.10 bits per heavy atom. The first-order valence-electron chi connectivity index (χ1n) is 9.84. The molecule has 2 aromatic rings. The van der Waals surface area contributed by atoms with Crippen LogP contribution in [0.25, 0.3) is 11.3 Å². The van der Waals surface area contributed by atoms with E-state index in [9.17, 15) is 10.1 Å². The molecule has 0 N–H and O–H groups in total. The highest BCUT2D eigenvalue weighted by Gasteiger charge is 2.39. The Morgan fingerprint density at radius 3 is 2.72 bits per heavy atom. The molecule has 1 saturated carbocycles. The van der Waals surface area contributed by atoms with Crippen molar-refractivity contribution in [2.75, 3.05) is 31.6 Å². The summed E-state index contributed by atoms with van der Waals surface area (Å²) in [6, 6.07) is 2.19. The minimum absolute atomic E-state index is 0.0807. The van der Waals surface area contributed by atoms with Crippen LogP contribution in [0, 0.1) is 17.2 Å². The van der Waals surface area contributed by atoms with Crippen LogP contribution in [-0.4, -0.2) is 69.4 Å². The molecule has 1 amide bonds. The molecule has 9 heteroatoms. The number of nitriles is 1. The molecule has 0 aromatic carbocycles. The lowest BCUT2D eigenvalue weighted by Gasteiger charge is -2.44. The second kappa shape index (κ2) is 7.79. The Morgan fingerprint density at radius 1 is 1.31 bits per heavy atom. The van der Waals surface area contributed by atoms with Crippen molar-refractivity contribution in [3.05, 3.63) is 24.3 Å². The van der Waals surface area contributed by atoms with Gasteiger partial charge in [-0.3, -0.25) is 9.48 Å². The van der Waals surface area contributed by atoms with Gasteiger partial charge in [0.15, 0.2) is 5.69 Å². The van der Waals surface area contributed by atoms with E-state index in [0.717, 1.165) is 18.4 Å². The summed E-state index contributed by atoms with van der Waals surface area (Å²) in [5.41, 5.74) is 1.57. The highest BCUT2D eigenvalue weighted by atomic mass is 16.5. The standard InChI is InChI=1S/C20H25N7O2/c1-13-11-26(4-5-27(13)20(28)14-6-16(7-14)29-3)18-10-22-17(8-21)19(24-18)15-9-23-25(2)12-15/h9-10,12-14,16H,4-7,11H2,1-3H3/t13-,14-,16+/m1/s1. The molecule has 4 rings (SSSR count). The maximum absolute atomic E-state index is 12.8. The van der Waals surface area contributed by atoms with Crippen LogP contribution in [-0.2, 0) is 16.6 Å². The predicted octanol–water partition coefficient (Wildman–Crippen LogP) is 1.21. The molecular weight excluding hydrogens is 370 g/mol. The third kappa shape index (κ3) is 3.68. The van der Waals surface area contributed by atoms with Crippen LogP contribution in [0.3, 0.4) is 0 Å². The minimum Gasteiger partial charge on any atom is -0.381 e. The van der Waals surface area contributed by atoms with E-state index in [1.807, 2.05) is 18.1 Å². The first-order chi connectivity index (χ1) is 14.0. The van der Waals surface area contributed by atoms with E-state index in [1.165, 1.54) is 0 Å². The molecule has 1 saturated heterocycles. The van der Waals surface area contributed by atoms with Gasteiger partial charge < -0.3 is 14.5 Å². The van der Waals surface area contributed by atoms with Gasteiger partial charge in [0.25, 0.3) is 0 Å². The van der Waals surface area contributed by atoms with Crippen molar-refractivity contribution < 1.29 is 9.53 Å². The fourth-order valence-electron chi connectivity index (χ4n) is 4.05.